The summed E-state index contributed by atoms with van der Waals surface area (Å²) in [4.78, 5) is 11.5. The molecule has 0 saturated heterocycles. The van der Waals surface area contributed by atoms with Gasteiger partial charge in [0, 0.05) is 30.0 Å². The minimum atomic E-state index is 0.0679. The lowest BCUT2D eigenvalue weighted by Crippen LogP contribution is -2.10. The predicted octanol–water partition coefficient (Wildman–Crippen LogP) is 2.14. The third-order valence-electron chi connectivity index (χ3n) is 2.52. The number of fused-ring (bicyclic) bond motifs is 1. The number of ketones is 1. The SMILES string of the molecule is COCC(=O)Cc1cc(Br)cc2c1OCC2. The largest absolute Gasteiger partial charge is 0.493 e. The average molecular weight is 285 g/mol. The first-order chi connectivity index (χ1) is 7.70. The van der Waals surface area contributed by atoms with Gasteiger partial charge in [-0.3, -0.25) is 4.79 Å². The maximum absolute atomic E-state index is 11.5. The molecule has 0 unspecified atom stereocenters. The number of rotatable bonds is 4. The van der Waals surface area contributed by atoms with Gasteiger partial charge in [-0.2, -0.15) is 0 Å². The molecular weight excluding hydrogens is 272 g/mol. The van der Waals surface area contributed by atoms with E-state index in [1.807, 2.05) is 12.1 Å². The summed E-state index contributed by atoms with van der Waals surface area (Å²) in [6.07, 6.45) is 1.29. The van der Waals surface area contributed by atoms with Gasteiger partial charge in [-0.05, 0) is 17.7 Å². The molecule has 0 spiro atoms. The van der Waals surface area contributed by atoms with Gasteiger partial charge in [0.25, 0.3) is 0 Å². The lowest BCUT2D eigenvalue weighted by molar-refractivity contribution is -0.122. The third-order valence-corrected chi connectivity index (χ3v) is 2.98. The highest BCUT2D eigenvalue weighted by atomic mass is 79.9. The molecule has 0 N–H and O–H groups in total. The van der Waals surface area contributed by atoms with Crippen LogP contribution in [0, 0.1) is 0 Å². The first-order valence-corrected chi connectivity index (χ1v) is 5.94. The van der Waals surface area contributed by atoms with Crippen molar-refractivity contribution in [2.24, 2.45) is 0 Å². The van der Waals surface area contributed by atoms with Gasteiger partial charge in [-0.1, -0.05) is 15.9 Å². The van der Waals surface area contributed by atoms with Gasteiger partial charge in [-0.15, -0.1) is 0 Å². The molecule has 86 valence electrons. The normalized spacial score (nSPS) is 13.4. The Bertz CT molecular complexity index is 415. The van der Waals surface area contributed by atoms with E-state index in [9.17, 15) is 4.79 Å². The van der Waals surface area contributed by atoms with Gasteiger partial charge < -0.3 is 9.47 Å². The maximum atomic E-state index is 11.5. The summed E-state index contributed by atoms with van der Waals surface area (Å²) in [7, 11) is 1.53. The Morgan fingerprint density at radius 2 is 2.38 bits per heavy atom. The van der Waals surface area contributed by atoms with Crippen molar-refractivity contribution in [3.05, 3.63) is 27.7 Å². The number of carbonyl (C=O) groups excluding carboxylic acids is 1. The summed E-state index contributed by atoms with van der Waals surface area (Å²) in [6.45, 7) is 0.860. The quantitative estimate of drug-likeness (QED) is 0.850. The molecule has 4 heteroatoms. The minimum Gasteiger partial charge on any atom is -0.493 e. The fraction of sp³-hybridized carbons (Fsp3) is 0.417. The molecule has 1 aliphatic rings. The second-order valence-electron chi connectivity index (χ2n) is 3.80. The molecule has 2 rings (SSSR count). The standard InChI is InChI=1S/C12H13BrO3/c1-15-7-11(14)6-9-5-10(13)4-8-2-3-16-12(8)9/h4-5H,2-3,6-7H2,1H3. The number of carbonyl (C=O) groups is 1. The Morgan fingerprint density at radius 3 is 3.12 bits per heavy atom. The van der Waals surface area contributed by atoms with Gasteiger partial charge in [0.05, 0.1) is 6.61 Å². The predicted molar refractivity (Wildman–Crippen MR) is 63.9 cm³/mol. The monoisotopic (exact) mass is 284 g/mol. The molecule has 1 heterocycles. The highest BCUT2D eigenvalue weighted by Crippen LogP contribution is 2.33. The zero-order chi connectivity index (χ0) is 11.5. The highest BCUT2D eigenvalue weighted by molar-refractivity contribution is 9.10. The topological polar surface area (TPSA) is 35.5 Å². The molecule has 16 heavy (non-hydrogen) atoms. The van der Waals surface area contributed by atoms with E-state index in [0.717, 1.165) is 22.2 Å². The van der Waals surface area contributed by atoms with Crippen LogP contribution >= 0.6 is 15.9 Å². The number of ether oxygens (including phenoxy) is 2. The van der Waals surface area contributed by atoms with Crippen LogP contribution < -0.4 is 4.74 Å². The van der Waals surface area contributed by atoms with Crippen LogP contribution in [0.3, 0.4) is 0 Å². The summed E-state index contributed by atoms with van der Waals surface area (Å²) in [5, 5.41) is 0. The van der Waals surface area contributed by atoms with Crippen LogP contribution in [0.1, 0.15) is 11.1 Å². The van der Waals surface area contributed by atoms with E-state index in [0.29, 0.717) is 13.0 Å². The lowest BCUT2D eigenvalue weighted by Gasteiger charge is -2.08. The van der Waals surface area contributed by atoms with Crippen LogP contribution in [0.15, 0.2) is 16.6 Å². The van der Waals surface area contributed by atoms with Crippen molar-refractivity contribution >= 4 is 21.7 Å². The van der Waals surface area contributed by atoms with E-state index in [-0.39, 0.29) is 12.4 Å². The number of hydrogen-bond acceptors (Lipinski definition) is 3. The zero-order valence-corrected chi connectivity index (χ0v) is 10.7. The van der Waals surface area contributed by atoms with E-state index in [1.54, 1.807) is 0 Å². The van der Waals surface area contributed by atoms with Crippen molar-refractivity contribution in [3.8, 4) is 5.75 Å². The van der Waals surface area contributed by atoms with Gasteiger partial charge in [0.15, 0.2) is 5.78 Å². The summed E-state index contributed by atoms with van der Waals surface area (Å²) in [6, 6.07) is 3.99. The number of Topliss-reactive ketones (excluding diaryl/α,β-unsaturated/α-hetero) is 1. The molecule has 1 aromatic carbocycles. The molecule has 1 aliphatic heterocycles. The summed E-state index contributed by atoms with van der Waals surface area (Å²) < 4.78 is 11.4. The Morgan fingerprint density at radius 1 is 1.56 bits per heavy atom. The van der Waals surface area contributed by atoms with Crippen molar-refractivity contribution in [2.45, 2.75) is 12.8 Å². The van der Waals surface area contributed by atoms with E-state index in [4.69, 9.17) is 9.47 Å². The minimum absolute atomic E-state index is 0.0679. The van der Waals surface area contributed by atoms with E-state index in [2.05, 4.69) is 15.9 Å². The highest BCUT2D eigenvalue weighted by Gasteiger charge is 2.18. The van der Waals surface area contributed by atoms with Crippen molar-refractivity contribution in [3.63, 3.8) is 0 Å². The second kappa shape index (κ2) is 4.97. The van der Waals surface area contributed by atoms with Crippen LogP contribution in [0.5, 0.6) is 5.75 Å². The van der Waals surface area contributed by atoms with Crippen molar-refractivity contribution in [2.75, 3.05) is 20.3 Å². The Kier molecular flexibility index (Phi) is 3.61. The van der Waals surface area contributed by atoms with Crippen LogP contribution in [0.25, 0.3) is 0 Å². The number of methoxy groups -OCH3 is 1. The first kappa shape index (κ1) is 11.6. The molecule has 3 nitrogen and oxygen atoms in total. The first-order valence-electron chi connectivity index (χ1n) is 5.15. The Balaban J connectivity index is 2.23. The molecule has 0 atom stereocenters. The fourth-order valence-electron chi connectivity index (χ4n) is 1.90. The molecule has 0 amide bonds. The van der Waals surface area contributed by atoms with Crippen LogP contribution in [0.2, 0.25) is 0 Å². The lowest BCUT2D eigenvalue weighted by atomic mass is 10.0. The fourth-order valence-corrected chi connectivity index (χ4v) is 2.45. The van der Waals surface area contributed by atoms with Crippen LogP contribution in [-0.2, 0) is 22.4 Å². The molecule has 0 aromatic heterocycles. The Hall–Kier alpha value is -0.870. The molecule has 1 aromatic rings. The number of halogens is 1. The smallest absolute Gasteiger partial charge is 0.162 e. The van der Waals surface area contributed by atoms with E-state index < -0.39 is 0 Å². The number of hydrogen-bond donors (Lipinski definition) is 0. The summed E-state index contributed by atoms with van der Waals surface area (Å²) >= 11 is 3.45. The Labute approximate surface area is 103 Å². The average Bonchev–Trinajstić information content (AvgIpc) is 2.65. The van der Waals surface area contributed by atoms with Crippen molar-refractivity contribution in [1.29, 1.82) is 0 Å². The van der Waals surface area contributed by atoms with Crippen molar-refractivity contribution < 1.29 is 14.3 Å². The number of benzene rings is 1. The van der Waals surface area contributed by atoms with Crippen LogP contribution in [0.4, 0.5) is 0 Å². The van der Waals surface area contributed by atoms with Gasteiger partial charge >= 0.3 is 0 Å². The van der Waals surface area contributed by atoms with Crippen LogP contribution in [-0.4, -0.2) is 26.1 Å². The van der Waals surface area contributed by atoms with Gasteiger partial charge in [0.2, 0.25) is 0 Å². The molecular formula is C12H13BrO3. The third kappa shape index (κ3) is 2.44. The maximum Gasteiger partial charge on any atom is 0.162 e. The van der Waals surface area contributed by atoms with E-state index >= 15 is 0 Å². The second-order valence-corrected chi connectivity index (χ2v) is 4.72. The molecule has 0 radical (unpaired) electrons. The molecule has 0 saturated carbocycles. The zero-order valence-electron chi connectivity index (χ0n) is 9.09. The van der Waals surface area contributed by atoms with E-state index in [1.165, 1.54) is 12.7 Å². The van der Waals surface area contributed by atoms with Gasteiger partial charge in [-0.25, -0.2) is 0 Å². The van der Waals surface area contributed by atoms with Gasteiger partial charge in [0.1, 0.15) is 12.4 Å². The summed E-state index contributed by atoms with van der Waals surface area (Å²) in [5.74, 6) is 0.950. The molecule has 0 fully saturated rings. The summed E-state index contributed by atoms with van der Waals surface area (Å²) in [5.41, 5.74) is 2.12. The molecule has 0 aliphatic carbocycles. The van der Waals surface area contributed by atoms with Crippen molar-refractivity contribution in [1.82, 2.24) is 0 Å². The molecule has 0 bridgehead atoms.